The average molecular weight is 416 g/mol. The van der Waals surface area contributed by atoms with Crippen molar-refractivity contribution in [1.82, 2.24) is 0 Å². The lowest BCUT2D eigenvalue weighted by Crippen LogP contribution is -2.30. The fraction of sp³-hybridized carbons (Fsp3) is 0.143. The van der Waals surface area contributed by atoms with Crippen molar-refractivity contribution in [2.75, 3.05) is 17.8 Å². The Kier molecular flexibility index (Phi) is 6.66. The highest BCUT2D eigenvalue weighted by atomic mass is 32.2. The van der Waals surface area contributed by atoms with Crippen LogP contribution in [0, 0.1) is 0 Å². The Bertz CT molecular complexity index is 941. The Morgan fingerprint density at radius 2 is 1.79 bits per heavy atom. The molecule has 0 bridgehead atoms. The molecule has 0 atom stereocenters. The van der Waals surface area contributed by atoms with Crippen LogP contribution in [0.25, 0.3) is 6.08 Å². The molecule has 3 rings (SSSR count). The Balaban J connectivity index is 1.89. The van der Waals surface area contributed by atoms with Crippen molar-refractivity contribution in [2.24, 2.45) is 4.99 Å². The molecule has 0 saturated carbocycles. The molecule has 150 valence electrons. The summed E-state index contributed by atoms with van der Waals surface area (Å²) < 4.78 is 34.2. The van der Waals surface area contributed by atoms with Gasteiger partial charge >= 0.3 is 6.61 Å². The zero-order chi connectivity index (χ0) is 20.8. The fourth-order valence-corrected chi connectivity index (χ4v) is 3.34. The topological polar surface area (TPSA) is 51.1 Å². The van der Waals surface area contributed by atoms with Crippen LogP contribution < -0.4 is 14.4 Å². The van der Waals surface area contributed by atoms with Crippen molar-refractivity contribution in [3.05, 3.63) is 72.4 Å². The molecule has 29 heavy (non-hydrogen) atoms. The number of anilines is 1. The molecule has 0 spiro atoms. The first kappa shape index (κ1) is 20.6. The van der Waals surface area contributed by atoms with Crippen LogP contribution in [0.3, 0.4) is 0 Å². The van der Waals surface area contributed by atoms with Gasteiger partial charge in [0.05, 0.1) is 12.8 Å². The van der Waals surface area contributed by atoms with E-state index in [2.05, 4.69) is 16.3 Å². The summed E-state index contributed by atoms with van der Waals surface area (Å²) in [6, 6.07) is 13.1. The number of hydrogen-bond donors (Lipinski definition) is 0. The molecule has 0 N–H and O–H groups in total. The Morgan fingerprint density at radius 1 is 1.14 bits per heavy atom. The minimum atomic E-state index is -2.91. The summed E-state index contributed by atoms with van der Waals surface area (Å²) in [6.07, 6.45) is 3.39. The second-order valence-electron chi connectivity index (χ2n) is 5.81. The van der Waals surface area contributed by atoms with E-state index in [0.29, 0.717) is 22.4 Å². The molecule has 2 aromatic carbocycles. The van der Waals surface area contributed by atoms with E-state index in [1.807, 2.05) is 12.1 Å². The summed E-state index contributed by atoms with van der Waals surface area (Å²) in [5.41, 5.74) is 1.58. The number of ether oxygens (including phenoxy) is 2. The monoisotopic (exact) mass is 416 g/mol. The first-order chi connectivity index (χ1) is 14.0. The second kappa shape index (κ2) is 9.38. The number of halogens is 2. The summed E-state index contributed by atoms with van der Waals surface area (Å²) in [6.45, 7) is 0.779. The molecule has 0 aliphatic carbocycles. The largest absolute Gasteiger partial charge is 0.497 e. The lowest BCUT2D eigenvalue weighted by atomic mass is 10.2. The van der Waals surface area contributed by atoms with Gasteiger partial charge in [0, 0.05) is 5.75 Å². The van der Waals surface area contributed by atoms with E-state index in [4.69, 9.17) is 4.74 Å². The van der Waals surface area contributed by atoms with Crippen LogP contribution in [-0.2, 0) is 4.79 Å². The molecule has 1 amide bonds. The number of rotatable bonds is 7. The van der Waals surface area contributed by atoms with Crippen LogP contribution in [0.4, 0.5) is 14.5 Å². The van der Waals surface area contributed by atoms with Crippen LogP contribution in [0.15, 0.2) is 71.9 Å². The molecule has 5 nitrogen and oxygen atoms in total. The molecule has 8 heteroatoms. The number of aliphatic imine (C=N–C) groups is 1. The summed E-state index contributed by atoms with van der Waals surface area (Å²) in [5.74, 6) is 0.977. The van der Waals surface area contributed by atoms with Crippen LogP contribution in [0.5, 0.6) is 11.5 Å². The van der Waals surface area contributed by atoms with Gasteiger partial charge in [0.15, 0.2) is 5.17 Å². The van der Waals surface area contributed by atoms with Gasteiger partial charge in [0.2, 0.25) is 0 Å². The maximum absolute atomic E-state index is 13.0. The highest BCUT2D eigenvalue weighted by Gasteiger charge is 2.31. The van der Waals surface area contributed by atoms with Crippen LogP contribution in [-0.4, -0.2) is 30.5 Å². The van der Waals surface area contributed by atoms with Gasteiger partial charge in [0.25, 0.3) is 5.91 Å². The van der Waals surface area contributed by atoms with Gasteiger partial charge in [-0.05, 0) is 48.0 Å². The third-order valence-corrected chi connectivity index (χ3v) is 4.83. The van der Waals surface area contributed by atoms with Crippen molar-refractivity contribution in [2.45, 2.75) is 6.61 Å². The van der Waals surface area contributed by atoms with E-state index in [1.165, 1.54) is 40.9 Å². The third kappa shape index (κ3) is 5.03. The number of thioether (sulfide) groups is 1. The Labute approximate surface area is 171 Å². The van der Waals surface area contributed by atoms with Crippen molar-refractivity contribution < 1.29 is 23.0 Å². The molecule has 0 unspecified atom stereocenters. The molecule has 0 saturated heterocycles. The zero-order valence-corrected chi connectivity index (χ0v) is 16.4. The number of nitrogens with zero attached hydrogens (tertiary/aromatic N) is 2. The highest BCUT2D eigenvalue weighted by Crippen LogP contribution is 2.31. The maximum Gasteiger partial charge on any atom is 0.387 e. The summed E-state index contributed by atoms with van der Waals surface area (Å²) >= 11 is 1.35. The predicted octanol–water partition coefficient (Wildman–Crippen LogP) is 4.96. The van der Waals surface area contributed by atoms with E-state index in [9.17, 15) is 13.6 Å². The summed E-state index contributed by atoms with van der Waals surface area (Å²) in [7, 11) is 1.58. The number of carbonyl (C=O) groups is 1. The smallest absolute Gasteiger partial charge is 0.387 e. The van der Waals surface area contributed by atoms with Crippen molar-refractivity contribution in [3.8, 4) is 11.5 Å². The fourth-order valence-electron chi connectivity index (χ4n) is 2.59. The van der Waals surface area contributed by atoms with Gasteiger partial charge in [-0.3, -0.25) is 9.69 Å². The molecule has 1 heterocycles. The van der Waals surface area contributed by atoms with Crippen LogP contribution in [0.2, 0.25) is 0 Å². The molecule has 1 aliphatic rings. The lowest BCUT2D eigenvalue weighted by molar-refractivity contribution is -0.113. The first-order valence-electron chi connectivity index (χ1n) is 8.59. The van der Waals surface area contributed by atoms with Gasteiger partial charge in [-0.2, -0.15) is 8.78 Å². The average Bonchev–Trinajstić information content (AvgIpc) is 3.02. The van der Waals surface area contributed by atoms with Gasteiger partial charge in [0.1, 0.15) is 17.2 Å². The standard InChI is InChI=1S/C21H18F2N2O3S/c1-3-12-29-21-24-18(13-14-4-8-16(27-2)9-5-14)19(26)25(21)15-6-10-17(11-7-15)28-20(22)23/h3-11,13,20H,1,12H2,2H3/b18-13-. The molecular weight excluding hydrogens is 398 g/mol. The first-order valence-corrected chi connectivity index (χ1v) is 9.58. The summed E-state index contributed by atoms with van der Waals surface area (Å²) in [5, 5.41) is 0.484. The minimum Gasteiger partial charge on any atom is -0.497 e. The van der Waals surface area contributed by atoms with Gasteiger partial charge in [-0.1, -0.05) is 30.0 Å². The van der Waals surface area contributed by atoms with Crippen molar-refractivity contribution in [3.63, 3.8) is 0 Å². The molecule has 0 fully saturated rings. The molecule has 0 radical (unpaired) electrons. The van der Waals surface area contributed by atoms with Crippen LogP contribution in [0.1, 0.15) is 5.56 Å². The predicted molar refractivity (Wildman–Crippen MR) is 112 cm³/mol. The Morgan fingerprint density at radius 3 is 2.38 bits per heavy atom. The van der Waals surface area contributed by atoms with E-state index >= 15 is 0 Å². The van der Waals surface area contributed by atoms with Crippen molar-refractivity contribution in [1.29, 1.82) is 0 Å². The third-order valence-electron chi connectivity index (χ3n) is 3.90. The number of amides is 1. The second-order valence-corrected chi connectivity index (χ2v) is 6.80. The number of methoxy groups -OCH3 is 1. The SMILES string of the molecule is C=CCSC1=N/C(=C\c2ccc(OC)cc2)C(=O)N1c1ccc(OC(F)F)cc1. The zero-order valence-electron chi connectivity index (χ0n) is 15.5. The molecule has 0 aromatic heterocycles. The van der Waals surface area contributed by atoms with Crippen LogP contribution >= 0.6 is 11.8 Å². The number of amidine groups is 1. The Hall–Kier alpha value is -3.13. The van der Waals surface area contributed by atoms with E-state index < -0.39 is 6.61 Å². The van der Waals surface area contributed by atoms with E-state index in [0.717, 1.165) is 5.56 Å². The number of alkyl halides is 2. The molecular formula is C21H18F2N2O3S. The van der Waals surface area contributed by atoms with E-state index in [1.54, 1.807) is 31.4 Å². The van der Waals surface area contributed by atoms with E-state index in [-0.39, 0.29) is 17.4 Å². The maximum atomic E-state index is 13.0. The van der Waals surface area contributed by atoms with Crippen molar-refractivity contribution >= 4 is 34.6 Å². The summed E-state index contributed by atoms with van der Waals surface area (Å²) in [4.78, 5) is 18.9. The minimum absolute atomic E-state index is 0.0154. The molecule has 2 aromatic rings. The van der Waals surface area contributed by atoms with Gasteiger partial charge in [-0.15, -0.1) is 6.58 Å². The van der Waals surface area contributed by atoms with Gasteiger partial charge < -0.3 is 9.47 Å². The number of carbonyl (C=O) groups excluding carboxylic acids is 1. The number of hydrogen-bond acceptors (Lipinski definition) is 5. The quantitative estimate of drug-likeness (QED) is 0.473. The normalized spacial score (nSPS) is 15.0. The lowest BCUT2D eigenvalue weighted by Gasteiger charge is -2.18. The highest BCUT2D eigenvalue weighted by molar-refractivity contribution is 8.14. The van der Waals surface area contributed by atoms with Gasteiger partial charge in [-0.25, -0.2) is 4.99 Å². The number of benzene rings is 2. The molecule has 1 aliphatic heterocycles.